The van der Waals surface area contributed by atoms with E-state index in [0.29, 0.717) is 5.75 Å². The molecule has 2 N–H and O–H groups in total. The summed E-state index contributed by atoms with van der Waals surface area (Å²) >= 11 is 7.70. The lowest BCUT2D eigenvalue weighted by atomic mass is 9.99. The molecule has 1 aromatic heterocycles. The third kappa shape index (κ3) is 8.06. The largest absolute Gasteiger partial charge is 0.459 e. The fourth-order valence-electron chi connectivity index (χ4n) is 4.23. The third-order valence-electron chi connectivity index (χ3n) is 6.47. The van der Waals surface area contributed by atoms with Gasteiger partial charge in [0.25, 0.3) is 11.8 Å². The van der Waals surface area contributed by atoms with Gasteiger partial charge >= 0.3 is 24.2 Å². The number of alkyl halides is 10. The number of nitrogens with one attached hydrogen (secondary N) is 2. The highest BCUT2D eigenvalue weighted by Gasteiger charge is 2.63. The van der Waals surface area contributed by atoms with Gasteiger partial charge in [-0.15, -0.1) is 0 Å². The summed E-state index contributed by atoms with van der Waals surface area (Å²) in [4.78, 5) is 28.4. The number of aromatic nitrogens is 1. The number of rotatable bonds is 10. The molecule has 0 unspecified atom stereocenters. The zero-order chi connectivity index (χ0) is 34.8. The van der Waals surface area contributed by atoms with Crippen molar-refractivity contribution < 1.29 is 53.5 Å². The number of halogens is 11. The van der Waals surface area contributed by atoms with Crippen molar-refractivity contribution in [3.63, 3.8) is 0 Å². The Morgan fingerprint density at radius 1 is 0.848 bits per heavy atom. The molecule has 1 heterocycles. The predicted octanol–water partition coefficient (Wildman–Crippen LogP) is 8.68. The van der Waals surface area contributed by atoms with Crippen LogP contribution in [0.5, 0.6) is 0 Å². The maximum atomic E-state index is 14.0. The van der Waals surface area contributed by atoms with Gasteiger partial charge in [-0.1, -0.05) is 29.8 Å². The number of thioether (sulfide) groups is 1. The lowest BCUT2D eigenvalue weighted by molar-refractivity contribution is -0.295. The van der Waals surface area contributed by atoms with Crippen molar-refractivity contribution in [1.82, 2.24) is 10.3 Å². The van der Waals surface area contributed by atoms with Crippen LogP contribution >= 0.6 is 23.4 Å². The highest BCUT2D eigenvalue weighted by Crippen LogP contribution is 2.47. The second-order valence-electron chi connectivity index (χ2n) is 10.2. The quantitative estimate of drug-likeness (QED) is 0.208. The minimum Gasteiger partial charge on any atom is -0.349 e. The summed E-state index contributed by atoms with van der Waals surface area (Å²) in [5, 5.41) is 5.30. The number of amides is 2. The van der Waals surface area contributed by atoms with E-state index in [-0.39, 0.29) is 51.1 Å². The summed E-state index contributed by atoms with van der Waals surface area (Å²) in [6.07, 6.45) is -11.5. The molecular weight excluding hydrogens is 680 g/mol. The minimum atomic E-state index is -6.34. The van der Waals surface area contributed by atoms with E-state index in [9.17, 15) is 53.5 Å². The Bertz CT molecular complexity index is 1570. The molecule has 0 aliphatic heterocycles. The number of nitrogens with zero attached hydrogens (tertiary/aromatic N) is 1. The molecule has 0 aliphatic rings. The van der Waals surface area contributed by atoms with Crippen molar-refractivity contribution in [2.24, 2.45) is 0 Å². The molecular formula is C29H24ClF10N3O2S. The Hall–Kier alpha value is -3.53. The third-order valence-corrected chi connectivity index (χ3v) is 7.62. The van der Waals surface area contributed by atoms with Gasteiger partial charge < -0.3 is 10.6 Å². The maximum absolute atomic E-state index is 14.0. The number of anilines is 1. The number of pyridine rings is 1. The maximum Gasteiger partial charge on any atom is 0.459 e. The predicted molar refractivity (Wildman–Crippen MR) is 153 cm³/mol. The standard InChI is InChI=1S/C29H24ClF10N3O2S/c1-14-9-16(10-17-11-21(26(31,32)28(35,36)37)43-22(12-17)27(33,34)29(38,39)40)7-8-20(14)42-24(44)18-5-4-6-19(30)23(18)25(45)41-15(2)13-46-3/h4-9,11-12,15H,10,13H2,1-3H3,(H,41,45)(H,42,44)/t15-/m0/s1. The minimum absolute atomic E-state index is 0.00291. The van der Waals surface area contributed by atoms with Crippen LogP contribution in [0.3, 0.4) is 0 Å². The molecule has 2 aromatic carbocycles. The fraction of sp³-hybridized carbons (Fsp3) is 0.345. The van der Waals surface area contributed by atoms with Gasteiger partial charge in [-0.05, 0) is 73.5 Å². The lowest BCUT2D eigenvalue weighted by Gasteiger charge is -2.24. The van der Waals surface area contributed by atoms with Crippen LogP contribution in [0.1, 0.15) is 55.7 Å². The zero-order valence-corrected chi connectivity index (χ0v) is 25.5. The number of aryl methyl sites for hydroxylation is 1. The Kier molecular flexibility index (Phi) is 11.0. The molecule has 5 nitrogen and oxygen atoms in total. The molecule has 0 saturated heterocycles. The van der Waals surface area contributed by atoms with E-state index >= 15 is 0 Å². The van der Waals surface area contributed by atoms with Gasteiger partial charge in [-0.2, -0.15) is 55.7 Å². The Labute approximate surface area is 265 Å². The zero-order valence-electron chi connectivity index (χ0n) is 23.9. The first-order chi connectivity index (χ1) is 21.1. The van der Waals surface area contributed by atoms with E-state index < -0.39 is 59.4 Å². The average Bonchev–Trinajstić information content (AvgIpc) is 2.92. The molecule has 3 aromatic rings. The number of hydrogen-bond donors (Lipinski definition) is 2. The highest BCUT2D eigenvalue weighted by atomic mass is 35.5. The summed E-state index contributed by atoms with van der Waals surface area (Å²) in [5.74, 6) is -12.5. The first-order valence-electron chi connectivity index (χ1n) is 13.0. The smallest absolute Gasteiger partial charge is 0.349 e. The molecule has 1 atom stereocenters. The molecule has 0 radical (unpaired) electrons. The van der Waals surface area contributed by atoms with Crippen LogP contribution in [0.15, 0.2) is 48.5 Å². The second kappa shape index (κ2) is 13.7. The van der Waals surface area contributed by atoms with Crippen molar-refractivity contribution in [2.75, 3.05) is 17.3 Å². The number of hydrogen-bond acceptors (Lipinski definition) is 4. The van der Waals surface area contributed by atoms with E-state index in [1.807, 2.05) is 6.26 Å². The van der Waals surface area contributed by atoms with Gasteiger partial charge in [0.2, 0.25) is 0 Å². The van der Waals surface area contributed by atoms with E-state index in [1.165, 1.54) is 55.1 Å². The molecule has 17 heteroatoms. The average molecular weight is 704 g/mol. The van der Waals surface area contributed by atoms with Crippen LogP contribution < -0.4 is 10.6 Å². The molecule has 0 aliphatic carbocycles. The van der Waals surface area contributed by atoms with Crippen molar-refractivity contribution in [3.05, 3.63) is 92.8 Å². The van der Waals surface area contributed by atoms with E-state index in [0.717, 1.165) is 0 Å². The lowest BCUT2D eigenvalue weighted by Crippen LogP contribution is -2.38. The van der Waals surface area contributed by atoms with E-state index in [2.05, 4.69) is 15.6 Å². The van der Waals surface area contributed by atoms with Crippen molar-refractivity contribution >= 4 is 40.9 Å². The van der Waals surface area contributed by atoms with Gasteiger partial charge in [0.1, 0.15) is 11.4 Å². The van der Waals surface area contributed by atoms with E-state index in [4.69, 9.17) is 11.6 Å². The summed E-state index contributed by atoms with van der Waals surface area (Å²) in [7, 11) is 0. The molecule has 0 bridgehead atoms. The van der Waals surface area contributed by atoms with Gasteiger partial charge in [-0.25, -0.2) is 4.98 Å². The molecule has 0 saturated carbocycles. The van der Waals surface area contributed by atoms with Gasteiger partial charge in [0.05, 0.1) is 16.1 Å². The van der Waals surface area contributed by atoms with Crippen LogP contribution in [0.2, 0.25) is 5.02 Å². The van der Waals surface area contributed by atoms with Crippen LogP contribution in [0, 0.1) is 6.92 Å². The summed E-state index contributed by atoms with van der Waals surface area (Å²) in [5.41, 5.74) is -5.06. The van der Waals surface area contributed by atoms with Crippen LogP contribution in [-0.4, -0.2) is 47.2 Å². The number of benzene rings is 2. The summed E-state index contributed by atoms with van der Waals surface area (Å²) < 4.78 is 134. The summed E-state index contributed by atoms with van der Waals surface area (Å²) in [6.45, 7) is 3.21. The van der Waals surface area contributed by atoms with Gasteiger partial charge in [-0.3, -0.25) is 9.59 Å². The van der Waals surface area contributed by atoms with E-state index in [1.54, 1.807) is 6.92 Å². The molecule has 2 amide bonds. The first kappa shape index (κ1) is 36.9. The molecule has 250 valence electrons. The highest BCUT2D eigenvalue weighted by molar-refractivity contribution is 7.98. The van der Waals surface area contributed by atoms with Crippen molar-refractivity contribution in [3.8, 4) is 0 Å². The van der Waals surface area contributed by atoms with Crippen molar-refractivity contribution in [2.45, 2.75) is 50.5 Å². The van der Waals surface area contributed by atoms with Crippen LogP contribution in [0.25, 0.3) is 0 Å². The van der Waals surface area contributed by atoms with Crippen molar-refractivity contribution in [1.29, 1.82) is 0 Å². The van der Waals surface area contributed by atoms with Crippen LogP contribution in [-0.2, 0) is 18.3 Å². The van der Waals surface area contributed by atoms with Gasteiger partial charge in [0, 0.05) is 17.5 Å². The fourth-order valence-corrected chi connectivity index (χ4v) is 5.08. The number of carbonyl (C=O) groups is 2. The monoisotopic (exact) mass is 703 g/mol. The second-order valence-corrected chi connectivity index (χ2v) is 11.5. The topological polar surface area (TPSA) is 71.1 Å². The molecule has 0 spiro atoms. The van der Waals surface area contributed by atoms with Crippen LogP contribution in [0.4, 0.5) is 49.6 Å². The Morgan fingerprint density at radius 2 is 1.41 bits per heavy atom. The Morgan fingerprint density at radius 3 is 1.91 bits per heavy atom. The first-order valence-corrected chi connectivity index (χ1v) is 14.8. The summed E-state index contributed by atoms with van der Waals surface area (Å²) in [6, 6.07) is 7.97. The van der Waals surface area contributed by atoms with Gasteiger partial charge in [0.15, 0.2) is 0 Å². The molecule has 3 rings (SSSR count). The number of carbonyl (C=O) groups excluding carboxylic acids is 2. The Balaban J connectivity index is 1.94. The molecule has 0 fully saturated rings. The normalized spacial score (nSPS) is 13.3. The SMILES string of the molecule is CSC[C@H](C)NC(=O)c1c(Cl)cccc1C(=O)Nc1ccc(Cc2cc(C(F)(F)C(F)(F)F)nc(C(F)(F)C(F)(F)F)c2)cc1C. The molecule has 46 heavy (non-hydrogen) atoms.